The first-order valence-corrected chi connectivity index (χ1v) is 9.35. The van der Waals surface area contributed by atoms with Gasteiger partial charge >= 0.3 is 5.69 Å². The summed E-state index contributed by atoms with van der Waals surface area (Å²) in [6.07, 6.45) is 1.41. The number of aryl methyl sites for hydroxylation is 1. The van der Waals surface area contributed by atoms with Crippen molar-refractivity contribution >= 4 is 23.2 Å². The van der Waals surface area contributed by atoms with E-state index >= 15 is 0 Å². The van der Waals surface area contributed by atoms with E-state index in [2.05, 4.69) is 4.90 Å². The summed E-state index contributed by atoms with van der Waals surface area (Å²) < 4.78 is 2.69. The third kappa shape index (κ3) is 3.06. The highest BCUT2D eigenvalue weighted by Crippen LogP contribution is 2.40. The molecule has 2 heterocycles. The number of para-hydroxylation sites is 1. The molecular weight excluding hydrogens is 385 g/mol. The minimum absolute atomic E-state index is 0.0299. The SMILES string of the molecule is CN1Cc2c(Cl)cc(Cl)cc2C(c2ccccc2-n2c(O)cn(C)c2=O)C1. The number of rotatable bonds is 2. The molecule has 0 fully saturated rings. The maximum Gasteiger partial charge on any atom is 0.335 e. The van der Waals surface area contributed by atoms with Gasteiger partial charge in [0.1, 0.15) is 0 Å². The number of imidazole rings is 1. The quantitative estimate of drug-likeness (QED) is 0.708. The first-order valence-electron chi connectivity index (χ1n) is 8.60. The van der Waals surface area contributed by atoms with Crippen molar-refractivity contribution < 1.29 is 5.11 Å². The van der Waals surface area contributed by atoms with Crippen LogP contribution in [-0.2, 0) is 13.6 Å². The molecule has 3 aromatic rings. The second kappa shape index (κ2) is 6.75. The maximum absolute atomic E-state index is 12.6. The molecule has 1 aliphatic heterocycles. The van der Waals surface area contributed by atoms with Gasteiger partial charge in [0.2, 0.25) is 5.88 Å². The molecule has 7 heteroatoms. The summed E-state index contributed by atoms with van der Waals surface area (Å²) in [4.78, 5) is 14.7. The maximum atomic E-state index is 12.6. The lowest BCUT2D eigenvalue weighted by Crippen LogP contribution is -2.32. The van der Waals surface area contributed by atoms with Crippen molar-refractivity contribution in [2.75, 3.05) is 13.6 Å². The predicted molar refractivity (Wildman–Crippen MR) is 107 cm³/mol. The van der Waals surface area contributed by atoms with Gasteiger partial charge < -0.3 is 10.0 Å². The highest BCUT2D eigenvalue weighted by Gasteiger charge is 2.29. The molecule has 0 bridgehead atoms. The van der Waals surface area contributed by atoms with Crippen molar-refractivity contribution in [2.24, 2.45) is 7.05 Å². The zero-order valence-corrected chi connectivity index (χ0v) is 16.5. The van der Waals surface area contributed by atoms with Gasteiger partial charge in [0, 0.05) is 36.1 Å². The fourth-order valence-corrected chi connectivity index (χ4v) is 4.43. The van der Waals surface area contributed by atoms with Gasteiger partial charge in [0.25, 0.3) is 0 Å². The van der Waals surface area contributed by atoms with Gasteiger partial charge in [-0.25, -0.2) is 9.36 Å². The first-order chi connectivity index (χ1) is 12.9. The molecule has 0 saturated carbocycles. The number of hydrogen-bond donors (Lipinski definition) is 1. The molecular formula is C20H19Cl2N3O2. The minimum Gasteiger partial charge on any atom is -0.493 e. The topological polar surface area (TPSA) is 50.4 Å². The Morgan fingerprint density at radius 1 is 1.11 bits per heavy atom. The second-order valence-electron chi connectivity index (χ2n) is 6.98. The number of halogens is 2. The molecule has 1 aliphatic rings. The average molecular weight is 404 g/mol. The largest absolute Gasteiger partial charge is 0.493 e. The third-order valence-electron chi connectivity index (χ3n) is 5.08. The van der Waals surface area contributed by atoms with Crippen LogP contribution < -0.4 is 5.69 Å². The summed E-state index contributed by atoms with van der Waals surface area (Å²) in [5.41, 5.74) is 3.39. The second-order valence-corrected chi connectivity index (χ2v) is 7.82. The van der Waals surface area contributed by atoms with Crippen LogP contribution in [0.5, 0.6) is 5.88 Å². The van der Waals surface area contributed by atoms with Crippen molar-refractivity contribution in [1.82, 2.24) is 14.0 Å². The van der Waals surface area contributed by atoms with E-state index in [1.54, 1.807) is 13.1 Å². The van der Waals surface area contributed by atoms with E-state index in [0.717, 1.165) is 29.8 Å². The Bertz CT molecular complexity index is 1090. The van der Waals surface area contributed by atoms with Gasteiger partial charge in [-0.1, -0.05) is 41.4 Å². The van der Waals surface area contributed by atoms with Crippen LogP contribution in [0.1, 0.15) is 22.6 Å². The number of benzene rings is 2. The van der Waals surface area contributed by atoms with E-state index in [1.807, 2.05) is 37.4 Å². The Morgan fingerprint density at radius 3 is 2.56 bits per heavy atom. The van der Waals surface area contributed by atoms with Crippen LogP contribution >= 0.6 is 23.2 Å². The van der Waals surface area contributed by atoms with E-state index in [4.69, 9.17) is 23.2 Å². The van der Waals surface area contributed by atoms with Gasteiger partial charge in [0.05, 0.1) is 11.9 Å². The van der Waals surface area contributed by atoms with Gasteiger partial charge in [-0.05, 0) is 41.9 Å². The summed E-state index contributed by atoms with van der Waals surface area (Å²) in [6.45, 7) is 1.49. The van der Waals surface area contributed by atoms with E-state index in [9.17, 15) is 9.90 Å². The summed E-state index contributed by atoms with van der Waals surface area (Å²) in [6, 6.07) is 11.3. The zero-order chi connectivity index (χ0) is 19.3. The lowest BCUT2D eigenvalue weighted by Gasteiger charge is -2.34. The molecule has 2 aromatic carbocycles. The van der Waals surface area contributed by atoms with Gasteiger partial charge in [-0.2, -0.15) is 0 Å². The molecule has 5 nitrogen and oxygen atoms in total. The summed E-state index contributed by atoms with van der Waals surface area (Å²) in [5.74, 6) is -0.124. The van der Waals surface area contributed by atoms with Gasteiger partial charge in [0.15, 0.2) is 0 Å². The lowest BCUT2D eigenvalue weighted by atomic mass is 9.84. The fourth-order valence-electron chi connectivity index (χ4n) is 3.87. The lowest BCUT2D eigenvalue weighted by molar-refractivity contribution is 0.295. The Labute approximate surface area is 167 Å². The normalized spacial score (nSPS) is 17.1. The van der Waals surface area contributed by atoms with Crippen LogP contribution in [0.4, 0.5) is 0 Å². The molecule has 140 valence electrons. The zero-order valence-electron chi connectivity index (χ0n) is 15.0. The Kier molecular flexibility index (Phi) is 4.54. The molecule has 0 amide bonds. The highest BCUT2D eigenvalue weighted by atomic mass is 35.5. The van der Waals surface area contributed by atoms with Crippen LogP contribution in [0.2, 0.25) is 10.0 Å². The number of fused-ring (bicyclic) bond motifs is 1. The Hall–Kier alpha value is -2.21. The molecule has 4 rings (SSSR count). The fraction of sp³-hybridized carbons (Fsp3) is 0.250. The van der Waals surface area contributed by atoms with Crippen molar-refractivity contribution in [2.45, 2.75) is 12.5 Å². The smallest absolute Gasteiger partial charge is 0.335 e. The number of aromatic hydroxyl groups is 1. The third-order valence-corrected chi connectivity index (χ3v) is 5.63. The Balaban J connectivity index is 1.96. The number of aromatic nitrogens is 2. The summed E-state index contributed by atoms with van der Waals surface area (Å²) in [5, 5.41) is 11.5. The van der Waals surface area contributed by atoms with Crippen molar-refractivity contribution in [1.29, 1.82) is 0 Å². The van der Waals surface area contributed by atoms with E-state index < -0.39 is 0 Å². The molecule has 0 radical (unpaired) electrons. The molecule has 1 aromatic heterocycles. The van der Waals surface area contributed by atoms with Crippen molar-refractivity contribution in [3.8, 4) is 11.6 Å². The van der Waals surface area contributed by atoms with Crippen LogP contribution in [0.15, 0.2) is 47.4 Å². The molecule has 0 saturated heterocycles. The first kappa shape index (κ1) is 18.2. The average Bonchev–Trinajstić information content (AvgIpc) is 2.87. The van der Waals surface area contributed by atoms with Crippen molar-refractivity contribution in [3.63, 3.8) is 0 Å². The number of hydrogen-bond acceptors (Lipinski definition) is 3. The van der Waals surface area contributed by atoms with Crippen LogP contribution in [0.25, 0.3) is 5.69 Å². The molecule has 1 N–H and O–H groups in total. The standard InChI is InChI=1S/C20H19Cl2N3O2/c1-23-9-15(14-7-12(21)8-17(22)16(14)10-23)13-5-3-4-6-18(13)25-19(26)11-24(2)20(25)27/h3-8,11,15,26H,9-10H2,1-2H3. The summed E-state index contributed by atoms with van der Waals surface area (Å²) in [7, 11) is 3.65. The highest BCUT2D eigenvalue weighted by molar-refractivity contribution is 6.35. The van der Waals surface area contributed by atoms with E-state index in [-0.39, 0.29) is 17.5 Å². The van der Waals surface area contributed by atoms with Crippen molar-refractivity contribution in [3.05, 3.63) is 79.8 Å². The monoisotopic (exact) mass is 403 g/mol. The van der Waals surface area contributed by atoms with E-state index in [0.29, 0.717) is 15.7 Å². The van der Waals surface area contributed by atoms with E-state index in [1.165, 1.54) is 15.3 Å². The minimum atomic E-state index is -0.298. The van der Waals surface area contributed by atoms with Gasteiger partial charge in [-0.3, -0.25) is 4.57 Å². The summed E-state index contributed by atoms with van der Waals surface area (Å²) >= 11 is 12.8. The molecule has 1 unspecified atom stereocenters. The van der Waals surface area contributed by atoms with Crippen LogP contribution in [0.3, 0.4) is 0 Å². The van der Waals surface area contributed by atoms with Gasteiger partial charge in [-0.15, -0.1) is 0 Å². The number of likely N-dealkylation sites (N-methyl/N-ethyl adjacent to an activating group) is 1. The number of nitrogens with zero attached hydrogens (tertiary/aromatic N) is 3. The Morgan fingerprint density at radius 2 is 1.85 bits per heavy atom. The predicted octanol–water partition coefficient (Wildman–Crippen LogP) is 3.77. The molecule has 1 atom stereocenters. The van der Waals surface area contributed by atoms with Crippen LogP contribution in [-0.4, -0.2) is 32.7 Å². The molecule has 0 spiro atoms. The molecule has 0 aliphatic carbocycles. The van der Waals surface area contributed by atoms with Crippen LogP contribution in [0, 0.1) is 0 Å². The molecule has 27 heavy (non-hydrogen) atoms.